The van der Waals surface area contributed by atoms with Gasteiger partial charge in [0.1, 0.15) is 0 Å². The zero-order valence-electron chi connectivity index (χ0n) is 9.01. The van der Waals surface area contributed by atoms with Gasteiger partial charge in [-0.2, -0.15) is 0 Å². The minimum Gasteiger partial charge on any atom is -1.00 e. The Balaban J connectivity index is 0.00000144. The molecule has 0 unspecified atom stereocenters. The molecule has 88 valence electrons. The maximum atomic E-state index is 11.5. The molecule has 0 fully saturated rings. The van der Waals surface area contributed by atoms with Gasteiger partial charge in [0.25, 0.3) is 0 Å². The number of nitrogens with zero attached hydrogens (tertiary/aromatic N) is 1. The Labute approximate surface area is 106 Å². The lowest BCUT2D eigenvalue weighted by Crippen LogP contribution is -3.00. The average Bonchev–Trinajstić information content (AvgIpc) is 2.31. The molecule has 0 saturated heterocycles. The van der Waals surface area contributed by atoms with E-state index in [4.69, 9.17) is 0 Å². The third-order valence-corrected chi connectivity index (χ3v) is 1.98. The third-order valence-electron chi connectivity index (χ3n) is 1.98. The highest BCUT2D eigenvalue weighted by Crippen LogP contribution is 2.03. The molecule has 0 aliphatic rings. The van der Waals surface area contributed by atoms with E-state index >= 15 is 0 Å². The Bertz CT molecular complexity index is 418. The number of anilines is 1. The Morgan fingerprint density at radius 3 is 2.18 bits per heavy atom. The number of pyridine rings is 1. The van der Waals surface area contributed by atoms with Crippen LogP contribution in [0.3, 0.4) is 0 Å². The molecule has 0 bridgehead atoms. The highest BCUT2D eigenvalue weighted by molar-refractivity contribution is 5.93. The fraction of sp³-hybridized carbons (Fsp3) is 0. The van der Waals surface area contributed by atoms with Crippen molar-refractivity contribution in [1.29, 1.82) is 0 Å². The van der Waals surface area contributed by atoms with E-state index < -0.39 is 0 Å². The third kappa shape index (κ3) is 4.12. The van der Waals surface area contributed by atoms with Gasteiger partial charge in [0.2, 0.25) is 0 Å². The molecule has 0 aliphatic heterocycles. The molecule has 1 aromatic carbocycles. The van der Waals surface area contributed by atoms with Crippen LogP contribution in [0, 0.1) is 0 Å². The Kier molecular flexibility index (Phi) is 4.97. The molecule has 5 heteroatoms. The van der Waals surface area contributed by atoms with E-state index in [1.165, 1.54) is 0 Å². The maximum absolute atomic E-state index is 11.5. The number of carbonyl (C=O) groups excluding carboxylic acids is 1. The fourth-order valence-corrected chi connectivity index (χ4v) is 1.27. The number of urea groups is 1. The first-order valence-corrected chi connectivity index (χ1v) is 4.94. The molecule has 1 heterocycles. The summed E-state index contributed by atoms with van der Waals surface area (Å²) in [4.78, 5) is 11.5. The second-order valence-electron chi connectivity index (χ2n) is 3.21. The van der Waals surface area contributed by atoms with Crippen LogP contribution in [0.2, 0.25) is 0 Å². The van der Waals surface area contributed by atoms with Gasteiger partial charge in [-0.3, -0.25) is 0 Å². The van der Waals surface area contributed by atoms with Crippen molar-refractivity contribution >= 4 is 11.7 Å². The van der Waals surface area contributed by atoms with Crippen molar-refractivity contribution in [3.63, 3.8) is 0 Å². The van der Waals surface area contributed by atoms with Gasteiger partial charge in [0.15, 0.2) is 12.4 Å². The second-order valence-corrected chi connectivity index (χ2v) is 3.21. The quantitative estimate of drug-likeness (QED) is 0.643. The minimum absolute atomic E-state index is 0. The van der Waals surface area contributed by atoms with Gasteiger partial charge in [-0.25, -0.2) is 4.79 Å². The number of carbonyl (C=O) groups is 1. The summed E-state index contributed by atoms with van der Waals surface area (Å²) in [5, 5.41) is 2.72. The molecule has 2 amide bonds. The van der Waals surface area contributed by atoms with Crippen molar-refractivity contribution < 1.29 is 21.9 Å². The van der Waals surface area contributed by atoms with Gasteiger partial charge >= 0.3 is 6.03 Å². The number of rotatable bonds is 2. The van der Waals surface area contributed by atoms with E-state index in [1.807, 2.05) is 48.5 Å². The molecule has 0 atom stereocenters. The van der Waals surface area contributed by atoms with Crippen molar-refractivity contribution in [3.8, 4) is 0 Å². The Morgan fingerprint density at radius 2 is 1.53 bits per heavy atom. The van der Waals surface area contributed by atoms with Crippen LogP contribution >= 0.6 is 0 Å². The van der Waals surface area contributed by atoms with Crippen LogP contribution in [-0.2, 0) is 0 Å². The van der Waals surface area contributed by atoms with Crippen LogP contribution in [0.4, 0.5) is 10.5 Å². The molecule has 2 rings (SSSR count). The van der Waals surface area contributed by atoms with Crippen LogP contribution in [0.1, 0.15) is 0 Å². The first kappa shape index (κ1) is 13.0. The van der Waals surface area contributed by atoms with Crippen LogP contribution in [0.15, 0.2) is 60.9 Å². The summed E-state index contributed by atoms with van der Waals surface area (Å²) in [6, 6.07) is 14.6. The molecule has 1 aromatic heterocycles. The number of amides is 2. The monoisotopic (exact) mass is 249 g/mol. The number of para-hydroxylation sites is 1. The molecule has 0 aliphatic carbocycles. The van der Waals surface area contributed by atoms with E-state index in [9.17, 15) is 4.79 Å². The van der Waals surface area contributed by atoms with Gasteiger partial charge in [-0.15, -0.1) is 5.43 Å². The van der Waals surface area contributed by atoms with Crippen molar-refractivity contribution in [2.45, 2.75) is 0 Å². The lowest BCUT2D eigenvalue weighted by atomic mass is 10.3. The average molecular weight is 250 g/mol. The van der Waals surface area contributed by atoms with E-state index in [0.717, 1.165) is 5.69 Å². The summed E-state index contributed by atoms with van der Waals surface area (Å²) in [6.45, 7) is 0. The zero-order chi connectivity index (χ0) is 11.2. The van der Waals surface area contributed by atoms with Crippen molar-refractivity contribution in [3.05, 3.63) is 60.9 Å². The van der Waals surface area contributed by atoms with Crippen molar-refractivity contribution in [2.24, 2.45) is 0 Å². The number of hydrogen-bond donors (Lipinski definition) is 2. The molecule has 2 aromatic rings. The molecule has 0 radical (unpaired) electrons. The summed E-state index contributed by atoms with van der Waals surface area (Å²) in [7, 11) is 0. The first-order valence-electron chi connectivity index (χ1n) is 4.94. The lowest BCUT2D eigenvalue weighted by molar-refractivity contribution is -0.641. The number of nitrogens with one attached hydrogen (secondary N) is 2. The summed E-state index contributed by atoms with van der Waals surface area (Å²) in [5.41, 5.74) is 3.42. The molecular formula is C12H12ClN3O. The molecule has 2 N–H and O–H groups in total. The number of halogens is 1. The van der Waals surface area contributed by atoms with E-state index in [0.29, 0.717) is 0 Å². The van der Waals surface area contributed by atoms with Crippen LogP contribution < -0.4 is 27.8 Å². The van der Waals surface area contributed by atoms with E-state index in [2.05, 4.69) is 10.7 Å². The highest BCUT2D eigenvalue weighted by Gasteiger charge is 2.05. The molecule has 4 nitrogen and oxygen atoms in total. The van der Waals surface area contributed by atoms with Crippen molar-refractivity contribution in [1.82, 2.24) is 0 Å². The maximum Gasteiger partial charge on any atom is 0.372 e. The van der Waals surface area contributed by atoms with Gasteiger partial charge in [0, 0.05) is 17.8 Å². The van der Waals surface area contributed by atoms with E-state index in [1.54, 1.807) is 17.1 Å². The Morgan fingerprint density at radius 1 is 0.941 bits per heavy atom. The highest BCUT2D eigenvalue weighted by atomic mass is 35.5. The SMILES string of the molecule is O=C(Nc1ccccc1)N[n+]1ccccc1.[Cl-]. The molecule has 0 spiro atoms. The predicted molar refractivity (Wildman–Crippen MR) is 61.5 cm³/mol. The zero-order valence-corrected chi connectivity index (χ0v) is 9.76. The van der Waals surface area contributed by atoms with Crippen LogP contribution in [-0.4, -0.2) is 6.03 Å². The van der Waals surface area contributed by atoms with Gasteiger partial charge in [0.05, 0.1) is 0 Å². The Hall–Kier alpha value is -2.07. The first-order chi connectivity index (χ1) is 7.84. The summed E-state index contributed by atoms with van der Waals surface area (Å²) < 4.78 is 1.58. The fourth-order valence-electron chi connectivity index (χ4n) is 1.27. The van der Waals surface area contributed by atoms with Crippen LogP contribution in [0.5, 0.6) is 0 Å². The summed E-state index contributed by atoms with van der Waals surface area (Å²) in [5.74, 6) is 0. The van der Waals surface area contributed by atoms with Gasteiger partial charge < -0.3 is 17.7 Å². The molecular weight excluding hydrogens is 238 g/mol. The number of aromatic nitrogens is 1. The minimum atomic E-state index is -0.276. The summed E-state index contributed by atoms with van der Waals surface area (Å²) >= 11 is 0. The predicted octanol–water partition coefficient (Wildman–Crippen LogP) is -1.25. The van der Waals surface area contributed by atoms with E-state index in [-0.39, 0.29) is 18.4 Å². The smallest absolute Gasteiger partial charge is 0.372 e. The van der Waals surface area contributed by atoms with Gasteiger partial charge in [-0.1, -0.05) is 28.9 Å². The normalized spacial score (nSPS) is 8.94. The standard InChI is InChI=1S/C12H11N3O.ClH/c16-12(13-11-7-3-1-4-8-11)14-15-9-5-2-6-10-15;/h1-10H,(H-,13,14,16);1H. The lowest BCUT2D eigenvalue weighted by Gasteiger charge is -2.02. The topological polar surface area (TPSA) is 45.0 Å². The number of hydrogen-bond acceptors (Lipinski definition) is 1. The summed E-state index contributed by atoms with van der Waals surface area (Å²) in [6.07, 6.45) is 3.51. The number of benzene rings is 1. The molecule has 17 heavy (non-hydrogen) atoms. The largest absolute Gasteiger partial charge is 1.00 e. The van der Waals surface area contributed by atoms with Crippen LogP contribution in [0.25, 0.3) is 0 Å². The molecule has 0 saturated carbocycles. The van der Waals surface area contributed by atoms with Crippen molar-refractivity contribution in [2.75, 3.05) is 10.7 Å². The van der Waals surface area contributed by atoms with Gasteiger partial charge in [-0.05, 0) is 12.1 Å². The second kappa shape index (κ2) is 6.50.